The van der Waals surface area contributed by atoms with Gasteiger partial charge in [-0.05, 0) is 49.7 Å². The molecule has 0 saturated heterocycles. The summed E-state index contributed by atoms with van der Waals surface area (Å²) >= 11 is 0. The maximum atomic E-state index is 5.15. The van der Waals surface area contributed by atoms with E-state index >= 15 is 0 Å². The van der Waals surface area contributed by atoms with Gasteiger partial charge in [-0.25, -0.2) is 0 Å². The number of pyridine rings is 1. The van der Waals surface area contributed by atoms with Crippen LogP contribution in [0.3, 0.4) is 0 Å². The van der Waals surface area contributed by atoms with Gasteiger partial charge < -0.3 is 4.84 Å². The largest absolute Gasteiger partial charge is 0.396 e. The van der Waals surface area contributed by atoms with Gasteiger partial charge in [-0.15, -0.1) is 10.2 Å². The van der Waals surface area contributed by atoms with Crippen molar-refractivity contribution in [3.05, 3.63) is 72.1 Å². The molecule has 0 unspecified atom stereocenters. The van der Waals surface area contributed by atoms with Crippen molar-refractivity contribution in [2.24, 2.45) is 12.2 Å². The first-order valence-electron chi connectivity index (χ1n) is 10.4. The van der Waals surface area contributed by atoms with Crippen LogP contribution in [0.25, 0.3) is 27.7 Å². The van der Waals surface area contributed by atoms with E-state index in [1.807, 2.05) is 57.7 Å². The highest BCUT2D eigenvalue weighted by Gasteiger charge is 2.11. The molecular formula is C23H22N8O. The third-order valence-electron chi connectivity index (χ3n) is 5.17. The summed E-state index contributed by atoms with van der Waals surface area (Å²) in [6, 6.07) is 12.1. The minimum Gasteiger partial charge on any atom is -0.396 e. The highest BCUT2D eigenvalue weighted by molar-refractivity contribution is 5.96. The molecule has 5 rings (SSSR count). The second-order valence-corrected chi connectivity index (χ2v) is 7.53. The monoisotopic (exact) mass is 426 g/mol. The van der Waals surface area contributed by atoms with Gasteiger partial charge in [0.2, 0.25) is 0 Å². The van der Waals surface area contributed by atoms with Crippen molar-refractivity contribution >= 4 is 22.3 Å². The Morgan fingerprint density at radius 3 is 2.78 bits per heavy atom. The number of oxime groups is 1. The van der Waals surface area contributed by atoms with Gasteiger partial charge >= 0.3 is 0 Å². The molecule has 4 aromatic heterocycles. The van der Waals surface area contributed by atoms with E-state index in [0.29, 0.717) is 24.4 Å². The molecule has 0 aliphatic carbocycles. The molecule has 1 aromatic carbocycles. The normalized spacial score (nSPS) is 12.0. The van der Waals surface area contributed by atoms with E-state index < -0.39 is 0 Å². The zero-order valence-electron chi connectivity index (χ0n) is 18.1. The summed E-state index contributed by atoms with van der Waals surface area (Å²) in [5.74, 6) is 0.752. The molecule has 0 amide bonds. The maximum Gasteiger partial charge on any atom is 0.177 e. The summed E-state index contributed by atoms with van der Waals surface area (Å²) in [6.07, 6.45) is 6.29. The molecule has 0 bridgehead atoms. The van der Waals surface area contributed by atoms with Crippen LogP contribution in [0.1, 0.15) is 30.9 Å². The number of aryl methyl sites for hydroxylation is 1. The highest BCUT2D eigenvalue weighted by atomic mass is 16.6. The number of fused-ring (bicyclic) bond motifs is 2. The maximum absolute atomic E-state index is 5.15. The third-order valence-corrected chi connectivity index (χ3v) is 5.17. The lowest BCUT2D eigenvalue weighted by Gasteiger charge is -2.05. The van der Waals surface area contributed by atoms with Gasteiger partial charge in [-0.2, -0.15) is 14.7 Å². The second kappa shape index (κ2) is 8.18. The lowest BCUT2D eigenvalue weighted by Crippen LogP contribution is -2.07. The van der Waals surface area contributed by atoms with Gasteiger partial charge in [0.1, 0.15) is 18.0 Å². The van der Waals surface area contributed by atoms with Crippen molar-refractivity contribution in [2.75, 3.05) is 6.61 Å². The summed E-state index contributed by atoms with van der Waals surface area (Å²) in [5.41, 5.74) is 6.22. The molecule has 0 saturated carbocycles. The average Bonchev–Trinajstić information content (AvgIpc) is 3.43. The summed E-state index contributed by atoms with van der Waals surface area (Å²) in [6.45, 7) is 4.27. The van der Waals surface area contributed by atoms with Crippen LogP contribution in [0.15, 0.2) is 60.1 Å². The summed E-state index contributed by atoms with van der Waals surface area (Å²) < 4.78 is 3.54. The molecule has 0 fully saturated rings. The van der Waals surface area contributed by atoms with E-state index in [4.69, 9.17) is 4.84 Å². The first-order chi connectivity index (χ1) is 15.6. The standard InChI is InChI=1S/C23H22N8O/c1-4-32-29-15(2)20-7-8-22-26-27-23(31(22)28-20)10-16-5-6-21-17(9-16)11-18(12-24-21)19-13-25-30(3)14-19/h5-9,11-14H,4,10H2,1-3H3. The van der Waals surface area contributed by atoms with Crippen molar-refractivity contribution in [3.8, 4) is 11.1 Å². The van der Waals surface area contributed by atoms with Gasteiger partial charge in [-0.1, -0.05) is 11.2 Å². The van der Waals surface area contributed by atoms with Crippen molar-refractivity contribution in [1.82, 2.24) is 34.6 Å². The molecule has 9 heteroatoms. The number of hydrogen-bond donors (Lipinski definition) is 0. The Balaban J connectivity index is 1.48. The summed E-state index contributed by atoms with van der Waals surface area (Å²) in [4.78, 5) is 9.75. The quantitative estimate of drug-likeness (QED) is 0.305. The lowest BCUT2D eigenvalue weighted by molar-refractivity contribution is 0.159. The molecule has 5 aromatic rings. The average molecular weight is 426 g/mol. The molecular weight excluding hydrogens is 404 g/mol. The van der Waals surface area contributed by atoms with E-state index in [-0.39, 0.29) is 0 Å². The minimum atomic E-state index is 0.511. The molecule has 0 aliphatic rings. The van der Waals surface area contributed by atoms with Crippen LogP contribution in [-0.4, -0.2) is 46.9 Å². The van der Waals surface area contributed by atoms with Crippen molar-refractivity contribution in [1.29, 1.82) is 0 Å². The van der Waals surface area contributed by atoms with E-state index in [0.717, 1.165) is 39.1 Å². The van der Waals surface area contributed by atoms with Gasteiger partial charge in [0.15, 0.2) is 11.5 Å². The third kappa shape index (κ3) is 3.80. The molecule has 160 valence electrons. The zero-order valence-corrected chi connectivity index (χ0v) is 18.1. The lowest BCUT2D eigenvalue weighted by atomic mass is 10.0. The summed E-state index contributed by atoms with van der Waals surface area (Å²) in [5, 5.41) is 22.7. The Kier molecular flexibility index (Phi) is 5.06. The Hall–Kier alpha value is -4.14. The Labute approximate surface area is 184 Å². The van der Waals surface area contributed by atoms with Crippen molar-refractivity contribution in [3.63, 3.8) is 0 Å². The Bertz CT molecular complexity index is 1450. The molecule has 0 atom stereocenters. The number of aromatic nitrogens is 7. The van der Waals surface area contributed by atoms with Crippen LogP contribution in [0.2, 0.25) is 0 Å². The molecule has 0 spiro atoms. The van der Waals surface area contributed by atoms with E-state index in [1.165, 1.54) is 0 Å². The van der Waals surface area contributed by atoms with Crippen LogP contribution in [0.5, 0.6) is 0 Å². The number of benzene rings is 1. The number of rotatable bonds is 6. The van der Waals surface area contributed by atoms with Gasteiger partial charge in [-0.3, -0.25) is 9.67 Å². The molecule has 32 heavy (non-hydrogen) atoms. The van der Waals surface area contributed by atoms with Crippen LogP contribution in [0, 0.1) is 0 Å². The van der Waals surface area contributed by atoms with Crippen LogP contribution < -0.4 is 0 Å². The van der Waals surface area contributed by atoms with Crippen molar-refractivity contribution in [2.45, 2.75) is 20.3 Å². The molecule has 9 nitrogen and oxygen atoms in total. The van der Waals surface area contributed by atoms with Gasteiger partial charge in [0.05, 0.1) is 11.7 Å². The first-order valence-corrected chi connectivity index (χ1v) is 10.4. The van der Waals surface area contributed by atoms with Gasteiger partial charge in [0.25, 0.3) is 0 Å². The molecule has 0 radical (unpaired) electrons. The number of nitrogens with zero attached hydrogens (tertiary/aromatic N) is 8. The smallest absolute Gasteiger partial charge is 0.177 e. The summed E-state index contributed by atoms with van der Waals surface area (Å²) in [7, 11) is 1.91. The molecule has 0 aliphatic heterocycles. The van der Waals surface area contributed by atoms with Crippen LogP contribution in [-0.2, 0) is 18.3 Å². The fourth-order valence-electron chi connectivity index (χ4n) is 3.55. The predicted octanol–water partition coefficient (Wildman–Crippen LogP) is 3.42. The fourth-order valence-corrected chi connectivity index (χ4v) is 3.55. The fraction of sp³-hybridized carbons (Fsp3) is 0.217. The topological polar surface area (TPSA) is 95.4 Å². The zero-order chi connectivity index (χ0) is 22.1. The first kappa shape index (κ1) is 19.8. The van der Waals surface area contributed by atoms with Gasteiger partial charge in [0, 0.05) is 42.4 Å². The Morgan fingerprint density at radius 1 is 1.06 bits per heavy atom. The van der Waals surface area contributed by atoms with Crippen LogP contribution in [0.4, 0.5) is 0 Å². The minimum absolute atomic E-state index is 0.511. The second-order valence-electron chi connectivity index (χ2n) is 7.53. The molecule has 4 heterocycles. The predicted molar refractivity (Wildman–Crippen MR) is 121 cm³/mol. The van der Waals surface area contributed by atoms with E-state index in [9.17, 15) is 0 Å². The SMILES string of the molecule is CCON=C(C)c1ccc2nnc(Cc3ccc4ncc(-c5cnn(C)c5)cc4c3)n2n1. The molecule has 0 N–H and O–H groups in total. The van der Waals surface area contributed by atoms with E-state index in [2.05, 4.69) is 48.7 Å². The Morgan fingerprint density at radius 2 is 1.97 bits per heavy atom. The van der Waals surface area contributed by atoms with E-state index in [1.54, 1.807) is 9.20 Å². The highest BCUT2D eigenvalue weighted by Crippen LogP contribution is 2.23. The number of hydrogen-bond acceptors (Lipinski definition) is 7. The van der Waals surface area contributed by atoms with Crippen LogP contribution >= 0.6 is 0 Å². The van der Waals surface area contributed by atoms with Crippen molar-refractivity contribution < 1.29 is 4.84 Å².